The second kappa shape index (κ2) is 18.9. The van der Waals surface area contributed by atoms with E-state index in [1.165, 1.54) is 56.3 Å². The van der Waals surface area contributed by atoms with Gasteiger partial charge in [0, 0.05) is 83.2 Å². The summed E-state index contributed by atoms with van der Waals surface area (Å²) in [5.41, 5.74) is 8.96. The number of hydrogen-bond donors (Lipinski definition) is 2. The number of nitrogens with zero attached hydrogens (tertiary/aromatic N) is 10. The Balaban J connectivity index is 0.000000290. The van der Waals surface area contributed by atoms with Gasteiger partial charge in [0.2, 0.25) is 13.1 Å². The van der Waals surface area contributed by atoms with Crippen molar-refractivity contribution >= 4 is 16.9 Å². The summed E-state index contributed by atoms with van der Waals surface area (Å²) in [6.45, 7) is 13.8. The molecule has 2 aliphatic rings. The van der Waals surface area contributed by atoms with Crippen molar-refractivity contribution in [3.63, 3.8) is 0 Å². The molecule has 0 aliphatic heterocycles. The van der Waals surface area contributed by atoms with Gasteiger partial charge in [0.1, 0.15) is 36.2 Å². The van der Waals surface area contributed by atoms with Crippen LogP contribution in [0.25, 0.3) is 43.2 Å². The number of methoxy groups -OCH3 is 2. The van der Waals surface area contributed by atoms with E-state index in [1.54, 1.807) is 12.3 Å². The van der Waals surface area contributed by atoms with Crippen LogP contribution in [0.15, 0.2) is 49.7 Å². The first-order valence-corrected chi connectivity index (χ1v) is 15.2. The molecule has 3 N–H and O–H groups in total. The molecule has 2 fully saturated rings. The maximum absolute atomic E-state index is 8.37. The molecule has 0 bridgehead atoms. The average Bonchev–Trinajstić information content (AvgIpc) is 4.05. The van der Waals surface area contributed by atoms with Gasteiger partial charge in [0.05, 0.1) is 23.8 Å². The number of nitrogens with one attached hydrogen (secondary N) is 1. The van der Waals surface area contributed by atoms with Gasteiger partial charge in [-0.2, -0.15) is 10.2 Å². The van der Waals surface area contributed by atoms with Crippen molar-refractivity contribution in [2.75, 3.05) is 33.0 Å². The molecule has 0 unspecified atom stereocenters. The fraction of sp³-hybridized carbons (Fsp3) is 0.526. The van der Waals surface area contributed by atoms with E-state index in [4.69, 9.17) is 50.3 Å². The van der Waals surface area contributed by atoms with Crippen LogP contribution in [-0.4, -0.2) is 78.1 Å². The van der Waals surface area contributed by atoms with Crippen molar-refractivity contribution in [2.24, 2.45) is 11.8 Å². The van der Waals surface area contributed by atoms with Gasteiger partial charge in [0.15, 0.2) is 6.29 Å². The molecule has 5 heterocycles. The third-order valence-corrected chi connectivity index (χ3v) is 8.02. The molecule has 52 heavy (non-hydrogen) atoms. The minimum Gasteiger partial charge on any atom is -0.383 e. The number of fused-ring (bicyclic) bond motifs is 1. The summed E-state index contributed by atoms with van der Waals surface area (Å²) >= 11 is 0. The minimum absolute atomic E-state index is 0. The molecular formula is C38H52N12O2. The molecule has 276 valence electrons. The van der Waals surface area contributed by atoms with Gasteiger partial charge in [-0.25, -0.2) is 33.1 Å². The zero-order valence-electron chi connectivity index (χ0n) is 43.0. The van der Waals surface area contributed by atoms with Crippen LogP contribution in [-0.2, 0) is 15.9 Å². The highest BCUT2D eigenvalue weighted by Crippen LogP contribution is 2.37. The van der Waals surface area contributed by atoms with Crippen LogP contribution in [0.5, 0.6) is 0 Å². The van der Waals surface area contributed by atoms with Gasteiger partial charge < -0.3 is 29.9 Å². The summed E-state index contributed by atoms with van der Waals surface area (Å²) < 4.78 is 144. The number of aromatic nitrogens is 9. The Bertz CT molecular complexity index is 2600. The van der Waals surface area contributed by atoms with Crippen molar-refractivity contribution < 1.29 is 31.4 Å². The topological polar surface area (TPSA) is 156 Å². The van der Waals surface area contributed by atoms with Gasteiger partial charge in [-0.3, -0.25) is 9.36 Å². The second-order valence-corrected chi connectivity index (χ2v) is 10.9. The first kappa shape index (κ1) is 22.7. The van der Waals surface area contributed by atoms with E-state index >= 15 is 0 Å². The Morgan fingerprint density at radius 1 is 0.846 bits per heavy atom. The van der Waals surface area contributed by atoms with Gasteiger partial charge in [0.25, 0.3) is 0 Å². The Morgan fingerprint density at radius 3 is 1.90 bits per heavy atom. The predicted molar refractivity (Wildman–Crippen MR) is 203 cm³/mol. The van der Waals surface area contributed by atoms with E-state index in [0.29, 0.717) is 39.1 Å². The molecule has 14 heteroatoms. The van der Waals surface area contributed by atoms with Crippen LogP contribution in [0.2, 0.25) is 0 Å². The molecule has 2 atom stereocenters. The van der Waals surface area contributed by atoms with E-state index in [9.17, 15) is 0 Å². The maximum Gasteiger partial charge on any atom is 0.237 e. The highest BCUT2D eigenvalue weighted by atomic mass is 16.7. The molecule has 5 aromatic rings. The van der Waals surface area contributed by atoms with Gasteiger partial charge in [-0.1, -0.05) is 40.3 Å². The average molecular weight is 725 g/mol. The molecule has 2 aliphatic carbocycles. The number of hydrogen-bond acceptors (Lipinski definition) is 9. The molecule has 0 amide bonds. The van der Waals surface area contributed by atoms with Crippen molar-refractivity contribution in [1.82, 2.24) is 44.5 Å². The number of rotatable bonds is 12. The molecule has 0 saturated heterocycles. The lowest BCUT2D eigenvalue weighted by Gasteiger charge is -2.19. The first-order chi connectivity index (χ1) is 30.6. The Labute approximate surface area is 329 Å². The molecule has 0 aromatic carbocycles. The molecule has 14 nitrogen and oxygen atoms in total. The van der Waals surface area contributed by atoms with Crippen LogP contribution in [0.1, 0.15) is 105 Å². The number of nitrogens with two attached hydrogens (primary N) is 1. The quantitative estimate of drug-likeness (QED) is 0.0984. The fourth-order valence-electron chi connectivity index (χ4n) is 5.47. The summed E-state index contributed by atoms with van der Waals surface area (Å²) in [5, 5.41) is 9.11. The van der Waals surface area contributed by atoms with Crippen molar-refractivity contribution in [3.8, 4) is 22.5 Å². The smallest absolute Gasteiger partial charge is 0.237 e. The van der Waals surface area contributed by atoms with Crippen LogP contribution < -0.4 is 5.73 Å². The highest BCUT2D eigenvalue weighted by molar-refractivity contribution is 5.90. The first-order valence-electron chi connectivity index (χ1n) is 23.2. The minimum atomic E-state index is -3.16. The van der Waals surface area contributed by atoms with Crippen LogP contribution in [0, 0.1) is 25.0 Å². The fourth-order valence-corrected chi connectivity index (χ4v) is 5.47. The lowest BCUT2D eigenvalue weighted by atomic mass is 9.98. The largest absolute Gasteiger partial charge is 0.383 e. The summed E-state index contributed by atoms with van der Waals surface area (Å²) in [7, 11) is 2.92. The summed E-state index contributed by atoms with van der Waals surface area (Å²) in [6.07, 6.45) is -14.7. The third kappa shape index (κ3) is 8.81. The standard InChI is InChI=1S/C19H26N6O2.C17H18N6.2CH4/c1-21-10-16(13-6-4-5-7-13)25-11-14(9-24-25)18-15(8-17(26-2)27-3)19(20)23-12-22-18;1-18-9-15(12-4-2-3-5-12)23-10-13(8-22-23)16-14-6-7-19-17(14)21-11-20-16;;/h9,11-13,16-17H,4-8,10H2,2-3H3,(H2,20,22,23);6-8,10-12,15H,2-5,9H2,(H,19,20,21);2*1H4/t16-;15-;;/m11../s1/i4D2,5D2,6D2,7D2;2D2,3D2,4D2,5D2;;. The summed E-state index contributed by atoms with van der Waals surface area (Å²) in [4.78, 5) is 26.2. The Kier molecular flexibility index (Phi) is 8.24. The number of aromatic amines is 1. The lowest BCUT2D eigenvalue weighted by Crippen LogP contribution is -2.20. The van der Waals surface area contributed by atoms with E-state index in [0.717, 1.165) is 4.68 Å². The Morgan fingerprint density at radius 2 is 1.37 bits per heavy atom. The van der Waals surface area contributed by atoms with E-state index < -0.39 is 94.3 Å². The van der Waals surface area contributed by atoms with Crippen molar-refractivity contribution in [3.05, 3.63) is 78.1 Å². The van der Waals surface area contributed by atoms with Crippen LogP contribution in [0.3, 0.4) is 0 Å². The van der Waals surface area contributed by atoms with E-state index in [1.807, 2.05) is 0 Å². The summed E-state index contributed by atoms with van der Waals surface area (Å²) in [5.74, 6) is -3.49. The van der Waals surface area contributed by atoms with E-state index in [-0.39, 0.29) is 27.1 Å². The predicted octanol–water partition coefficient (Wildman–Crippen LogP) is 7.48. The molecule has 0 spiro atoms. The monoisotopic (exact) mass is 725 g/mol. The number of ether oxygens (including phenoxy) is 2. The van der Waals surface area contributed by atoms with E-state index in [2.05, 4.69) is 44.8 Å². The van der Waals surface area contributed by atoms with Crippen LogP contribution >= 0.6 is 0 Å². The number of nitrogen functional groups attached to an aromatic ring is 1. The van der Waals surface area contributed by atoms with Crippen LogP contribution in [0.4, 0.5) is 5.82 Å². The SMILES string of the molecule is C.C.[2H]C1([2H])C([C@@H](C[N+]#[C-])n2cc(-c3ncnc(N)c3CC(OC)OC)cn2)C([2H])([2H])C([2H])([2H])C1([2H])[2H].[2H]C1([2H])C([C@@H](C[N+]#[C-])n2cc(-c3ncnc4[nH]ccc34)cn2)C([2H])([2H])C([2H])([2H])C1([2H])[2H]. The zero-order chi connectivity index (χ0) is 49.2. The molecule has 7 rings (SSSR count). The zero-order valence-corrected chi connectivity index (χ0v) is 27.0. The number of H-pyrrole nitrogens is 1. The van der Waals surface area contributed by atoms with Crippen molar-refractivity contribution in [1.29, 1.82) is 0 Å². The number of anilines is 1. The normalized spacial score (nSPS) is 27.9. The lowest BCUT2D eigenvalue weighted by molar-refractivity contribution is -0.100. The van der Waals surface area contributed by atoms with Gasteiger partial charge in [-0.15, -0.1) is 0 Å². The highest BCUT2D eigenvalue weighted by Gasteiger charge is 2.31. The van der Waals surface area contributed by atoms with Gasteiger partial charge in [-0.05, 0) is 43.4 Å². The molecular weight excluding hydrogens is 656 g/mol. The molecule has 0 radical (unpaired) electrons. The third-order valence-electron chi connectivity index (χ3n) is 8.02. The molecule has 2 saturated carbocycles. The van der Waals surface area contributed by atoms with Gasteiger partial charge >= 0.3 is 0 Å². The van der Waals surface area contributed by atoms with Crippen molar-refractivity contribution in [2.45, 2.75) is 90.6 Å². The summed E-state index contributed by atoms with van der Waals surface area (Å²) in [6, 6.07) is -0.782. The molecule has 5 aromatic heterocycles. The maximum atomic E-state index is 8.37. The second-order valence-electron chi connectivity index (χ2n) is 10.9. The Hall–Kier alpha value is -5.18.